The first kappa shape index (κ1) is 25.6. The van der Waals surface area contributed by atoms with Gasteiger partial charge in [-0.25, -0.2) is 4.98 Å². The molecule has 2 saturated heterocycles. The molecule has 10 nitrogen and oxygen atoms in total. The fraction of sp³-hybridized carbons (Fsp3) is 0.393. The van der Waals surface area contributed by atoms with Crippen LogP contribution >= 0.6 is 11.3 Å². The molecule has 4 heterocycles. The lowest BCUT2D eigenvalue weighted by Crippen LogP contribution is -2.54. The van der Waals surface area contributed by atoms with E-state index in [4.69, 9.17) is 9.47 Å². The van der Waals surface area contributed by atoms with Gasteiger partial charge in [0.25, 0.3) is 5.91 Å². The number of aromatic nitrogens is 1. The molecule has 204 valence electrons. The quantitative estimate of drug-likeness (QED) is 0.482. The minimum absolute atomic E-state index is 0.0584. The highest BCUT2D eigenvalue weighted by molar-refractivity contribution is 7.14. The normalized spacial score (nSPS) is 17.8. The number of benzene rings is 2. The molecule has 3 aliphatic rings. The highest BCUT2D eigenvalue weighted by Gasteiger charge is 2.27. The third-order valence-corrected chi connectivity index (χ3v) is 8.09. The number of piperazine rings is 2. The van der Waals surface area contributed by atoms with Crippen molar-refractivity contribution in [3.8, 4) is 11.5 Å². The van der Waals surface area contributed by atoms with Crippen LogP contribution in [0.1, 0.15) is 16.1 Å². The van der Waals surface area contributed by atoms with Crippen LogP contribution in [-0.2, 0) is 11.3 Å². The van der Waals surface area contributed by atoms with Gasteiger partial charge in [-0.3, -0.25) is 19.4 Å². The molecular weight excluding hydrogens is 516 g/mol. The van der Waals surface area contributed by atoms with Crippen molar-refractivity contribution in [3.63, 3.8) is 0 Å². The van der Waals surface area contributed by atoms with Crippen LogP contribution in [0, 0.1) is 0 Å². The van der Waals surface area contributed by atoms with Gasteiger partial charge in [-0.15, -0.1) is 11.3 Å². The first-order valence-corrected chi connectivity index (χ1v) is 14.2. The van der Waals surface area contributed by atoms with E-state index in [0.29, 0.717) is 43.5 Å². The lowest BCUT2D eigenvalue weighted by molar-refractivity contribution is -0.134. The summed E-state index contributed by atoms with van der Waals surface area (Å²) in [7, 11) is 0. The van der Waals surface area contributed by atoms with Gasteiger partial charge in [-0.05, 0) is 29.8 Å². The molecule has 2 aromatic carbocycles. The average Bonchev–Trinajstić information content (AvgIpc) is 3.63. The fourth-order valence-corrected chi connectivity index (χ4v) is 5.79. The summed E-state index contributed by atoms with van der Waals surface area (Å²) in [4.78, 5) is 38.8. The lowest BCUT2D eigenvalue weighted by Gasteiger charge is -2.38. The maximum atomic E-state index is 13.0. The van der Waals surface area contributed by atoms with E-state index in [1.165, 1.54) is 16.9 Å². The molecule has 11 heteroatoms. The van der Waals surface area contributed by atoms with Crippen molar-refractivity contribution in [2.45, 2.75) is 6.54 Å². The molecule has 6 rings (SSSR count). The summed E-state index contributed by atoms with van der Waals surface area (Å²) < 4.78 is 10.9. The molecule has 1 N–H and O–H groups in total. The number of rotatable bonds is 7. The highest BCUT2D eigenvalue weighted by Crippen LogP contribution is 2.33. The Balaban J connectivity index is 0.924. The average molecular weight is 549 g/mol. The van der Waals surface area contributed by atoms with E-state index < -0.39 is 0 Å². The smallest absolute Gasteiger partial charge is 0.273 e. The topological polar surface area (TPSA) is 90.5 Å². The second-order valence-corrected chi connectivity index (χ2v) is 10.8. The molecule has 2 fully saturated rings. The maximum Gasteiger partial charge on any atom is 0.273 e. The Bertz CT molecular complexity index is 1300. The molecule has 0 atom stereocenters. The predicted octanol–water partition coefficient (Wildman–Crippen LogP) is 2.72. The molecule has 0 saturated carbocycles. The zero-order chi connectivity index (χ0) is 26.6. The van der Waals surface area contributed by atoms with Crippen molar-refractivity contribution in [3.05, 3.63) is 65.2 Å². The fourth-order valence-electron chi connectivity index (χ4n) is 5.09. The first-order chi connectivity index (χ1) is 19.1. The van der Waals surface area contributed by atoms with E-state index in [1.807, 2.05) is 52.3 Å². The van der Waals surface area contributed by atoms with Crippen LogP contribution < -0.4 is 14.8 Å². The second-order valence-electron chi connectivity index (χ2n) is 9.94. The van der Waals surface area contributed by atoms with Crippen LogP contribution in [0.4, 0.5) is 10.8 Å². The summed E-state index contributed by atoms with van der Waals surface area (Å²) in [6.45, 7) is 7.20. The first-order valence-electron chi connectivity index (χ1n) is 13.3. The largest absolute Gasteiger partial charge is 0.454 e. The van der Waals surface area contributed by atoms with Gasteiger partial charge < -0.3 is 24.6 Å². The minimum Gasteiger partial charge on any atom is -0.454 e. The summed E-state index contributed by atoms with van der Waals surface area (Å²) in [6.07, 6.45) is 0. The molecule has 2 amide bonds. The van der Waals surface area contributed by atoms with Crippen molar-refractivity contribution in [2.24, 2.45) is 0 Å². The van der Waals surface area contributed by atoms with Gasteiger partial charge in [0.1, 0.15) is 5.69 Å². The predicted molar refractivity (Wildman–Crippen MR) is 149 cm³/mol. The van der Waals surface area contributed by atoms with E-state index in [0.717, 1.165) is 49.9 Å². The Kier molecular flexibility index (Phi) is 7.62. The van der Waals surface area contributed by atoms with Crippen molar-refractivity contribution in [1.29, 1.82) is 0 Å². The van der Waals surface area contributed by atoms with Gasteiger partial charge in [0.05, 0.1) is 6.54 Å². The molecule has 3 aromatic rings. The molecule has 0 radical (unpaired) electrons. The number of carbonyl (C=O) groups excluding carboxylic acids is 2. The molecule has 1 aromatic heterocycles. The Morgan fingerprint density at radius 1 is 0.846 bits per heavy atom. The number of amides is 2. The molecule has 0 unspecified atom stereocenters. The number of ether oxygens (including phenoxy) is 2. The van der Waals surface area contributed by atoms with Crippen LogP contribution in [-0.4, -0.2) is 102 Å². The number of thiazole rings is 1. The third kappa shape index (κ3) is 6.16. The molecule has 0 aliphatic carbocycles. The number of hydrogen-bond donors (Lipinski definition) is 1. The highest BCUT2D eigenvalue weighted by atomic mass is 32.1. The van der Waals surface area contributed by atoms with Crippen LogP contribution in [0.5, 0.6) is 11.5 Å². The van der Waals surface area contributed by atoms with Crippen molar-refractivity contribution in [2.75, 3.05) is 71.0 Å². The summed E-state index contributed by atoms with van der Waals surface area (Å²) in [5.74, 6) is 1.71. The summed E-state index contributed by atoms with van der Waals surface area (Å²) in [6, 6.07) is 15.9. The molecule has 3 aliphatic heterocycles. The van der Waals surface area contributed by atoms with Crippen LogP contribution in [0.25, 0.3) is 0 Å². The van der Waals surface area contributed by atoms with Gasteiger partial charge >= 0.3 is 0 Å². The van der Waals surface area contributed by atoms with Crippen LogP contribution in [0.3, 0.4) is 0 Å². The summed E-state index contributed by atoms with van der Waals surface area (Å²) in [5, 5.41) is 5.74. The van der Waals surface area contributed by atoms with Crippen molar-refractivity contribution in [1.82, 2.24) is 24.6 Å². The number of nitrogens with one attached hydrogen (secondary N) is 1. The summed E-state index contributed by atoms with van der Waals surface area (Å²) >= 11 is 1.42. The van der Waals surface area contributed by atoms with Crippen molar-refractivity contribution < 1.29 is 19.1 Å². The van der Waals surface area contributed by atoms with Crippen LogP contribution in [0.2, 0.25) is 0 Å². The van der Waals surface area contributed by atoms with Gasteiger partial charge in [0.15, 0.2) is 16.6 Å². The standard InChI is InChI=1S/C28H32N6O4S/c35-26(33-12-8-31(9-13-33)17-21-6-7-24-25(16-21)38-20-37-24)18-32-10-14-34(15-11-32)27(36)23-19-39-28(30-23)29-22-4-2-1-3-5-22/h1-7,16,19H,8-15,17-18,20H2,(H,29,30). The lowest BCUT2D eigenvalue weighted by atomic mass is 10.1. The number of anilines is 2. The van der Waals surface area contributed by atoms with Gasteiger partial charge in [-0.2, -0.15) is 0 Å². The number of hydrogen-bond acceptors (Lipinski definition) is 9. The zero-order valence-corrected chi connectivity index (χ0v) is 22.6. The Labute approximate surface area is 231 Å². The van der Waals surface area contributed by atoms with E-state index in [1.54, 1.807) is 5.38 Å². The second kappa shape index (κ2) is 11.6. The van der Waals surface area contributed by atoms with Crippen molar-refractivity contribution >= 4 is 34.0 Å². The Morgan fingerprint density at radius 3 is 2.36 bits per heavy atom. The number of nitrogens with zero attached hydrogens (tertiary/aromatic N) is 5. The minimum atomic E-state index is -0.0584. The summed E-state index contributed by atoms with van der Waals surface area (Å²) in [5.41, 5.74) is 2.59. The molecule has 0 bridgehead atoms. The molecule has 39 heavy (non-hydrogen) atoms. The number of fused-ring (bicyclic) bond motifs is 1. The van der Waals surface area contributed by atoms with E-state index in [2.05, 4.69) is 26.2 Å². The van der Waals surface area contributed by atoms with E-state index in [9.17, 15) is 9.59 Å². The Hall–Kier alpha value is -3.67. The monoisotopic (exact) mass is 548 g/mol. The number of carbonyl (C=O) groups is 2. The molecule has 0 spiro atoms. The van der Waals surface area contributed by atoms with Gasteiger partial charge in [-0.1, -0.05) is 24.3 Å². The third-order valence-electron chi connectivity index (χ3n) is 7.33. The zero-order valence-electron chi connectivity index (χ0n) is 21.8. The van der Waals surface area contributed by atoms with Crippen LogP contribution in [0.15, 0.2) is 53.9 Å². The van der Waals surface area contributed by atoms with Gasteiger partial charge in [0, 0.05) is 70.0 Å². The van der Waals surface area contributed by atoms with E-state index in [-0.39, 0.29) is 18.6 Å². The molecular formula is C28H32N6O4S. The maximum absolute atomic E-state index is 13.0. The SMILES string of the molecule is O=C(CN1CCN(C(=O)c2csc(Nc3ccccc3)n2)CC1)N1CCN(Cc2ccc3c(c2)OCO3)CC1. The van der Waals surface area contributed by atoms with Gasteiger partial charge in [0.2, 0.25) is 12.7 Å². The number of para-hydroxylation sites is 1. The van der Waals surface area contributed by atoms with E-state index >= 15 is 0 Å². The Morgan fingerprint density at radius 2 is 1.56 bits per heavy atom.